The maximum Gasteiger partial charge on any atom is 0.262 e. The molecule has 2 heterocycles. The molecule has 0 atom stereocenters. The second-order valence-electron chi connectivity index (χ2n) is 6.72. The van der Waals surface area contributed by atoms with Crippen molar-refractivity contribution < 1.29 is 13.2 Å². The molecule has 132 valence electrons. The molecule has 1 aliphatic heterocycles. The molecule has 25 heavy (non-hydrogen) atoms. The van der Waals surface area contributed by atoms with Crippen molar-refractivity contribution in [2.24, 2.45) is 5.92 Å². The summed E-state index contributed by atoms with van der Waals surface area (Å²) < 4.78 is 29.7. The fraction of sp³-hybridized carbons (Fsp3) is 0.412. The van der Waals surface area contributed by atoms with Crippen LogP contribution >= 0.6 is 0 Å². The molecule has 4 rings (SSSR count). The molecule has 1 aromatic heterocycles. The Morgan fingerprint density at radius 1 is 1.28 bits per heavy atom. The van der Waals surface area contributed by atoms with E-state index in [0.29, 0.717) is 36.6 Å². The van der Waals surface area contributed by atoms with Gasteiger partial charge in [0.05, 0.1) is 16.8 Å². The van der Waals surface area contributed by atoms with E-state index in [2.05, 4.69) is 15.1 Å². The van der Waals surface area contributed by atoms with Crippen LogP contribution in [0.4, 0.5) is 11.4 Å². The monoisotopic (exact) mass is 360 g/mol. The minimum absolute atomic E-state index is 0.0319. The van der Waals surface area contributed by atoms with Crippen molar-refractivity contribution in [2.75, 3.05) is 10.0 Å². The predicted molar refractivity (Wildman–Crippen MR) is 93.8 cm³/mol. The van der Waals surface area contributed by atoms with Crippen molar-refractivity contribution in [1.29, 1.82) is 0 Å². The van der Waals surface area contributed by atoms with E-state index in [0.717, 1.165) is 12.1 Å². The van der Waals surface area contributed by atoms with Gasteiger partial charge in [-0.2, -0.15) is 5.10 Å². The summed E-state index contributed by atoms with van der Waals surface area (Å²) in [5.74, 6) is 0.639. The molecule has 7 nitrogen and oxygen atoms in total. The Kier molecular flexibility index (Phi) is 3.99. The van der Waals surface area contributed by atoms with E-state index in [9.17, 15) is 13.2 Å². The number of benzene rings is 1. The van der Waals surface area contributed by atoms with E-state index in [4.69, 9.17) is 0 Å². The number of amides is 1. The number of anilines is 2. The molecular weight excluding hydrogens is 340 g/mol. The predicted octanol–water partition coefficient (Wildman–Crippen LogP) is 2.37. The Bertz CT molecular complexity index is 916. The number of carbonyl (C=O) groups excluding carboxylic acids is 1. The lowest BCUT2D eigenvalue weighted by molar-refractivity contribution is -0.116. The second-order valence-corrected chi connectivity index (χ2v) is 8.40. The van der Waals surface area contributed by atoms with E-state index in [1.807, 2.05) is 0 Å². The lowest BCUT2D eigenvalue weighted by Gasteiger charge is -2.10. The van der Waals surface area contributed by atoms with Crippen LogP contribution in [0, 0.1) is 5.92 Å². The van der Waals surface area contributed by atoms with Crippen molar-refractivity contribution in [3.05, 3.63) is 36.2 Å². The summed E-state index contributed by atoms with van der Waals surface area (Å²) in [6, 6.07) is 4.81. The molecule has 0 bridgehead atoms. The maximum absolute atomic E-state index is 12.6. The summed E-state index contributed by atoms with van der Waals surface area (Å²) in [5, 5.41) is 7.02. The first kappa shape index (κ1) is 16.1. The fourth-order valence-electron chi connectivity index (χ4n) is 3.01. The van der Waals surface area contributed by atoms with Crippen LogP contribution in [0.5, 0.6) is 0 Å². The van der Waals surface area contributed by atoms with Crippen molar-refractivity contribution in [2.45, 2.75) is 43.5 Å². The van der Waals surface area contributed by atoms with E-state index < -0.39 is 10.0 Å². The molecule has 0 radical (unpaired) electrons. The SMILES string of the molecule is O=C1CCCc2cc(S(=O)(=O)Nc3cnn(CC4CC4)c3)ccc2N1. The molecular formula is C17H20N4O3S. The van der Waals surface area contributed by atoms with Crippen LogP contribution in [0.3, 0.4) is 0 Å². The molecule has 1 aliphatic carbocycles. The standard InChI is InChI=1S/C17H20N4O3S/c22-17-3-1-2-13-8-15(6-7-16(13)19-17)25(23,24)20-14-9-18-21(11-14)10-12-4-5-12/h6-9,11-12,20H,1-5,10H2,(H,19,22). The molecule has 1 amide bonds. The Labute approximate surface area is 146 Å². The Morgan fingerprint density at radius 3 is 2.92 bits per heavy atom. The average molecular weight is 360 g/mol. The van der Waals surface area contributed by atoms with Crippen molar-refractivity contribution in [3.63, 3.8) is 0 Å². The molecule has 0 unspecified atom stereocenters. The zero-order valence-electron chi connectivity index (χ0n) is 13.7. The largest absolute Gasteiger partial charge is 0.326 e. The first-order chi connectivity index (χ1) is 12.0. The van der Waals surface area contributed by atoms with Gasteiger partial charge < -0.3 is 5.32 Å². The summed E-state index contributed by atoms with van der Waals surface area (Å²) in [7, 11) is -3.69. The third kappa shape index (κ3) is 3.68. The molecule has 0 spiro atoms. The number of nitrogens with zero attached hydrogens (tertiary/aromatic N) is 2. The van der Waals surface area contributed by atoms with E-state index >= 15 is 0 Å². The minimum atomic E-state index is -3.69. The smallest absolute Gasteiger partial charge is 0.262 e. The number of hydrogen-bond acceptors (Lipinski definition) is 4. The lowest BCUT2D eigenvalue weighted by atomic mass is 10.1. The number of hydrogen-bond donors (Lipinski definition) is 2. The van der Waals surface area contributed by atoms with Gasteiger partial charge in [0, 0.05) is 24.8 Å². The van der Waals surface area contributed by atoms with Gasteiger partial charge in [-0.05, 0) is 55.4 Å². The molecule has 0 saturated heterocycles. The number of carbonyl (C=O) groups is 1. The molecule has 8 heteroatoms. The lowest BCUT2D eigenvalue weighted by Crippen LogP contribution is -2.14. The third-order valence-electron chi connectivity index (χ3n) is 4.54. The van der Waals surface area contributed by atoms with Crippen LogP contribution in [-0.4, -0.2) is 24.1 Å². The van der Waals surface area contributed by atoms with Crippen LogP contribution in [-0.2, 0) is 27.8 Å². The number of sulfonamides is 1. The van der Waals surface area contributed by atoms with E-state index in [1.54, 1.807) is 23.0 Å². The molecule has 2 aliphatic rings. The number of aryl methyl sites for hydroxylation is 1. The van der Waals surface area contributed by atoms with Gasteiger partial charge in [-0.3, -0.25) is 14.2 Å². The van der Waals surface area contributed by atoms with Gasteiger partial charge >= 0.3 is 0 Å². The molecule has 1 fully saturated rings. The van der Waals surface area contributed by atoms with Crippen molar-refractivity contribution in [1.82, 2.24) is 9.78 Å². The first-order valence-electron chi connectivity index (χ1n) is 8.48. The Hall–Kier alpha value is -2.35. The van der Waals surface area contributed by atoms with E-state index in [1.165, 1.54) is 25.1 Å². The minimum Gasteiger partial charge on any atom is -0.326 e. The summed E-state index contributed by atoms with van der Waals surface area (Å²) in [6.45, 7) is 0.834. The van der Waals surface area contributed by atoms with Crippen LogP contribution < -0.4 is 10.0 Å². The summed E-state index contributed by atoms with van der Waals surface area (Å²) in [5.41, 5.74) is 2.00. The molecule has 1 saturated carbocycles. The summed E-state index contributed by atoms with van der Waals surface area (Å²) in [6.07, 6.45) is 7.53. The highest BCUT2D eigenvalue weighted by atomic mass is 32.2. The van der Waals surface area contributed by atoms with Crippen LogP contribution in [0.1, 0.15) is 31.2 Å². The van der Waals surface area contributed by atoms with Gasteiger partial charge in [-0.15, -0.1) is 0 Å². The normalized spacial score (nSPS) is 17.5. The fourth-order valence-corrected chi connectivity index (χ4v) is 4.09. The highest BCUT2D eigenvalue weighted by Crippen LogP contribution is 2.31. The van der Waals surface area contributed by atoms with Crippen LogP contribution in [0.25, 0.3) is 0 Å². The highest BCUT2D eigenvalue weighted by molar-refractivity contribution is 7.92. The maximum atomic E-state index is 12.6. The van der Waals surface area contributed by atoms with E-state index in [-0.39, 0.29) is 10.8 Å². The molecule has 2 aromatic rings. The van der Waals surface area contributed by atoms with Crippen LogP contribution in [0.2, 0.25) is 0 Å². The quantitative estimate of drug-likeness (QED) is 0.856. The van der Waals surface area contributed by atoms with Gasteiger partial charge in [0.15, 0.2) is 0 Å². The first-order valence-corrected chi connectivity index (χ1v) is 9.96. The number of aromatic nitrogens is 2. The number of fused-ring (bicyclic) bond motifs is 1. The zero-order chi connectivity index (χ0) is 17.4. The van der Waals surface area contributed by atoms with Gasteiger partial charge in [0.25, 0.3) is 10.0 Å². The zero-order valence-corrected chi connectivity index (χ0v) is 14.6. The van der Waals surface area contributed by atoms with Crippen molar-refractivity contribution >= 4 is 27.3 Å². The Balaban J connectivity index is 1.54. The number of nitrogens with one attached hydrogen (secondary N) is 2. The van der Waals surface area contributed by atoms with Gasteiger partial charge in [0.2, 0.25) is 5.91 Å². The van der Waals surface area contributed by atoms with Crippen molar-refractivity contribution in [3.8, 4) is 0 Å². The van der Waals surface area contributed by atoms with Gasteiger partial charge in [0.1, 0.15) is 0 Å². The second kappa shape index (κ2) is 6.18. The molecule has 1 aromatic carbocycles. The van der Waals surface area contributed by atoms with Crippen LogP contribution in [0.15, 0.2) is 35.5 Å². The topological polar surface area (TPSA) is 93.1 Å². The van der Waals surface area contributed by atoms with Gasteiger partial charge in [-0.1, -0.05) is 0 Å². The number of rotatable bonds is 5. The summed E-state index contributed by atoms with van der Waals surface area (Å²) >= 11 is 0. The highest BCUT2D eigenvalue weighted by Gasteiger charge is 2.23. The Morgan fingerprint density at radius 2 is 2.12 bits per heavy atom. The average Bonchev–Trinajstić information content (AvgIpc) is 3.30. The van der Waals surface area contributed by atoms with Gasteiger partial charge in [-0.25, -0.2) is 8.42 Å². The third-order valence-corrected chi connectivity index (χ3v) is 5.92. The summed E-state index contributed by atoms with van der Waals surface area (Å²) in [4.78, 5) is 11.8. The molecule has 2 N–H and O–H groups in total.